The van der Waals surface area contributed by atoms with E-state index in [2.05, 4.69) is 0 Å². The summed E-state index contributed by atoms with van der Waals surface area (Å²) in [5.74, 6) is 0. The van der Waals surface area contributed by atoms with Crippen LogP contribution in [0.15, 0.2) is 24.3 Å². The molecule has 1 aromatic rings. The number of hydrogen-bond acceptors (Lipinski definition) is 1. The fourth-order valence-electron chi connectivity index (χ4n) is 1.15. The van der Waals surface area contributed by atoms with Crippen LogP contribution in [0.5, 0.6) is 0 Å². The third-order valence-electron chi connectivity index (χ3n) is 2.33. The topological polar surface area (TPSA) is 20.2 Å². The highest BCUT2D eigenvalue weighted by molar-refractivity contribution is 5.29. The van der Waals surface area contributed by atoms with Crippen LogP contribution in [0.25, 0.3) is 0 Å². The van der Waals surface area contributed by atoms with Crippen LogP contribution in [-0.2, 0) is 11.8 Å². The number of aliphatic hydroxyl groups is 1. The molecule has 0 aliphatic heterocycles. The predicted molar refractivity (Wildman–Crippen MR) is 47.1 cm³/mol. The molecule has 17 heavy (non-hydrogen) atoms. The Morgan fingerprint density at radius 1 is 0.824 bits per heavy atom. The Bertz CT molecular complexity index is 387. The van der Waals surface area contributed by atoms with E-state index in [1.165, 1.54) is 0 Å². The van der Waals surface area contributed by atoms with Crippen molar-refractivity contribution in [2.24, 2.45) is 0 Å². The zero-order valence-corrected chi connectivity index (χ0v) is 8.52. The molecule has 7 heteroatoms. The maximum absolute atomic E-state index is 12.4. The van der Waals surface area contributed by atoms with Crippen LogP contribution in [0.1, 0.15) is 18.1 Å². The van der Waals surface area contributed by atoms with E-state index >= 15 is 0 Å². The van der Waals surface area contributed by atoms with E-state index in [1.807, 2.05) is 0 Å². The number of benzene rings is 1. The van der Waals surface area contributed by atoms with Crippen molar-refractivity contribution in [1.29, 1.82) is 0 Å². The van der Waals surface area contributed by atoms with Gasteiger partial charge in [-0.3, -0.25) is 0 Å². The molecule has 0 saturated carbocycles. The lowest BCUT2D eigenvalue weighted by molar-refractivity contribution is -0.258. The number of alkyl halides is 6. The van der Waals surface area contributed by atoms with Gasteiger partial charge in [0.05, 0.1) is 5.56 Å². The van der Waals surface area contributed by atoms with Gasteiger partial charge in [0.2, 0.25) is 0 Å². The highest BCUT2D eigenvalue weighted by atomic mass is 19.4. The Kier molecular flexibility index (Phi) is 3.17. The summed E-state index contributed by atoms with van der Waals surface area (Å²) in [5, 5.41) is 9.21. The molecule has 0 aliphatic carbocycles. The quantitative estimate of drug-likeness (QED) is 0.764. The molecular weight excluding hydrogens is 250 g/mol. The van der Waals surface area contributed by atoms with Crippen molar-refractivity contribution in [1.82, 2.24) is 0 Å². The maximum Gasteiger partial charge on any atom is 0.421 e. The molecule has 0 fully saturated rings. The first-order valence-corrected chi connectivity index (χ1v) is 4.43. The number of rotatable bonds is 1. The second-order valence-electron chi connectivity index (χ2n) is 3.65. The van der Waals surface area contributed by atoms with Crippen molar-refractivity contribution in [2.75, 3.05) is 0 Å². The van der Waals surface area contributed by atoms with Crippen LogP contribution >= 0.6 is 0 Å². The highest BCUT2D eigenvalue weighted by Gasteiger charge is 2.51. The normalized spacial score (nSPS) is 16.7. The minimum Gasteiger partial charge on any atom is -0.376 e. The second-order valence-corrected chi connectivity index (χ2v) is 3.65. The molecule has 0 aliphatic rings. The summed E-state index contributed by atoms with van der Waals surface area (Å²) < 4.78 is 73.6. The van der Waals surface area contributed by atoms with E-state index in [0.717, 1.165) is 0 Å². The predicted octanol–water partition coefficient (Wildman–Crippen LogP) is 3.48. The first-order valence-electron chi connectivity index (χ1n) is 4.43. The smallest absolute Gasteiger partial charge is 0.376 e. The van der Waals surface area contributed by atoms with E-state index in [9.17, 15) is 31.4 Å². The zero-order chi connectivity index (χ0) is 13.5. The standard InChI is InChI=1S/C10H8F6O/c1-8(17,10(14,15)16)6-2-4-7(5-3-6)9(11,12)13/h2-5,17H,1H3/t8-/m0/s1. The van der Waals surface area contributed by atoms with Gasteiger partial charge in [-0.1, -0.05) is 12.1 Å². The second kappa shape index (κ2) is 3.90. The van der Waals surface area contributed by atoms with Crippen molar-refractivity contribution >= 4 is 0 Å². The Balaban J connectivity index is 3.12. The third-order valence-corrected chi connectivity index (χ3v) is 2.33. The average Bonchev–Trinajstić information content (AvgIpc) is 2.15. The van der Waals surface area contributed by atoms with Crippen molar-refractivity contribution < 1.29 is 31.4 Å². The van der Waals surface area contributed by atoms with Gasteiger partial charge in [-0.05, 0) is 24.6 Å². The molecule has 0 heterocycles. The summed E-state index contributed by atoms with van der Waals surface area (Å²) in [6.45, 7) is 0.482. The van der Waals surface area contributed by atoms with Crippen LogP contribution in [0.4, 0.5) is 26.3 Å². The molecule has 0 bridgehead atoms. The summed E-state index contributed by atoms with van der Waals surface area (Å²) in [6.07, 6.45) is -9.57. The number of hydrogen-bond donors (Lipinski definition) is 1. The van der Waals surface area contributed by atoms with E-state index in [-0.39, 0.29) is 0 Å². The van der Waals surface area contributed by atoms with Gasteiger partial charge in [0.15, 0.2) is 5.60 Å². The molecule has 1 aromatic carbocycles. The molecule has 1 rings (SSSR count). The Labute approximate surface area is 92.7 Å². The monoisotopic (exact) mass is 258 g/mol. The van der Waals surface area contributed by atoms with Crippen LogP contribution in [-0.4, -0.2) is 11.3 Å². The lowest BCUT2D eigenvalue weighted by Gasteiger charge is -2.26. The van der Waals surface area contributed by atoms with Gasteiger partial charge in [-0.15, -0.1) is 0 Å². The molecule has 0 amide bonds. The summed E-state index contributed by atoms with van der Waals surface area (Å²) in [5.41, 5.74) is -4.88. The van der Waals surface area contributed by atoms with E-state index in [4.69, 9.17) is 0 Å². The molecule has 1 N–H and O–H groups in total. The van der Waals surface area contributed by atoms with E-state index < -0.39 is 29.1 Å². The fraction of sp³-hybridized carbons (Fsp3) is 0.400. The number of halogens is 6. The van der Waals surface area contributed by atoms with Crippen molar-refractivity contribution in [3.63, 3.8) is 0 Å². The molecule has 96 valence electrons. The van der Waals surface area contributed by atoms with Crippen LogP contribution in [0.3, 0.4) is 0 Å². The van der Waals surface area contributed by atoms with Crippen LogP contribution in [0.2, 0.25) is 0 Å². The molecule has 0 radical (unpaired) electrons. The summed E-state index contributed by atoms with van der Waals surface area (Å²) in [7, 11) is 0. The SMILES string of the molecule is C[C@](O)(c1ccc(C(F)(F)F)cc1)C(F)(F)F. The molecule has 0 unspecified atom stereocenters. The summed E-state index contributed by atoms with van der Waals surface area (Å²) in [4.78, 5) is 0. The Morgan fingerprint density at radius 2 is 1.18 bits per heavy atom. The molecule has 1 atom stereocenters. The van der Waals surface area contributed by atoms with Gasteiger partial charge in [0.1, 0.15) is 0 Å². The molecule has 0 aromatic heterocycles. The zero-order valence-electron chi connectivity index (χ0n) is 8.52. The molecule has 0 saturated heterocycles. The van der Waals surface area contributed by atoms with E-state index in [1.54, 1.807) is 0 Å². The van der Waals surface area contributed by atoms with Crippen molar-refractivity contribution in [3.05, 3.63) is 35.4 Å². The van der Waals surface area contributed by atoms with Crippen LogP contribution in [0, 0.1) is 0 Å². The maximum atomic E-state index is 12.4. The van der Waals surface area contributed by atoms with Gasteiger partial charge >= 0.3 is 12.4 Å². The van der Waals surface area contributed by atoms with Gasteiger partial charge in [0.25, 0.3) is 0 Å². The third kappa shape index (κ3) is 2.71. The molecule has 0 spiro atoms. The molecular formula is C10H8F6O. The lowest BCUT2D eigenvalue weighted by atomic mass is 9.94. The first-order chi connectivity index (χ1) is 7.46. The molecule has 1 nitrogen and oxygen atoms in total. The van der Waals surface area contributed by atoms with Crippen molar-refractivity contribution in [3.8, 4) is 0 Å². The Hall–Kier alpha value is -1.24. The van der Waals surface area contributed by atoms with E-state index in [0.29, 0.717) is 31.2 Å². The van der Waals surface area contributed by atoms with Gasteiger partial charge in [-0.25, -0.2) is 0 Å². The lowest BCUT2D eigenvalue weighted by Crippen LogP contribution is -2.39. The first kappa shape index (κ1) is 13.8. The van der Waals surface area contributed by atoms with Crippen molar-refractivity contribution in [2.45, 2.75) is 24.9 Å². The fourth-order valence-corrected chi connectivity index (χ4v) is 1.15. The van der Waals surface area contributed by atoms with Crippen LogP contribution < -0.4 is 0 Å². The van der Waals surface area contributed by atoms with Gasteiger partial charge in [-0.2, -0.15) is 26.3 Å². The average molecular weight is 258 g/mol. The highest BCUT2D eigenvalue weighted by Crippen LogP contribution is 2.39. The largest absolute Gasteiger partial charge is 0.421 e. The summed E-state index contributed by atoms with van der Waals surface area (Å²) in [6, 6.07) is 2.21. The Morgan fingerprint density at radius 3 is 1.47 bits per heavy atom. The van der Waals surface area contributed by atoms with Gasteiger partial charge < -0.3 is 5.11 Å². The van der Waals surface area contributed by atoms with Gasteiger partial charge in [0, 0.05) is 0 Å². The minimum absolute atomic E-state index is 0.482. The summed E-state index contributed by atoms with van der Waals surface area (Å²) >= 11 is 0. The minimum atomic E-state index is -4.95.